The van der Waals surface area contributed by atoms with E-state index in [0.29, 0.717) is 17.1 Å². The van der Waals surface area contributed by atoms with Crippen LogP contribution in [0.2, 0.25) is 0 Å². The maximum absolute atomic E-state index is 12.5. The number of rotatable bonds is 6. The monoisotopic (exact) mass is 378 g/mol. The van der Waals surface area contributed by atoms with Gasteiger partial charge in [-0.2, -0.15) is 5.26 Å². The van der Waals surface area contributed by atoms with E-state index in [2.05, 4.69) is 0 Å². The van der Waals surface area contributed by atoms with Gasteiger partial charge in [0.25, 0.3) is 0 Å². The number of halogens is 1. The summed E-state index contributed by atoms with van der Waals surface area (Å²) in [4.78, 5) is 12.5. The number of hydrogen-bond acceptors (Lipinski definition) is 7. The lowest BCUT2D eigenvalue weighted by Crippen LogP contribution is -2.26. The Kier molecular flexibility index (Phi) is 6.36. The maximum Gasteiger partial charge on any atom is 0.338 e. The molecule has 0 bridgehead atoms. The molecule has 2 N–H and O–H groups in total. The lowest BCUT2D eigenvalue weighted by molar-refractivity contribution is -0.139. The first-order valence-corrected chi connectivity index (χ1v) is 8.31. The van der Waals surface area contributed by atoms with Crippen LogP contribution >= 0.6 is 11.6 Å². The summed E-state index contributed by atoms with van der Waals surface area (Å²) in [6, 6.07) is 7.08. The van der Waals surface area contributed by atoms with Gasteiger partial charge in [-0.1, -0.05) is 6.07 Å². The number of nitrogens with zero attached hydrogens (tertiary/aromatic N) is 1. The van der Waals surface area contributed by atoms with Gasteiger partial charge in [0.1, 0.15) is 17.4 Å². The van der Waals surface area contributed by atoms with Gasteiger partial charge in [0.15, 0.2) is 11.5 Å². The van der Waals surface area contributed by atoms with Crippen LogP contribution in [-0.4, -0.2) is 32.7 Å². The van der Waals surface area contributed by atoms with Crippen molar-refractivity contribution < 1.29 is 23.7 Å². The number of nitriles is 1. The Hall–Kier alpha value is -2.85. The summed E-state index contributed by atoms with van der Waals surface area (Å²) in [6.45, 7) is 1.85. The number of alkyl halides is 1. The van der Waals surface area contributed by atoms with Gasteiger partial charge in [-0.05, 0) is 24.6 Å². The molecule has 0 amide bonds. The highest BCUT2D eigenvalue weighted by molar-refractivity contribution is 6.19. The standard InChI is InChI=1S/C18H19ClN2O5/c1-4-25-18(22)16-14(8-19)26-17(21)11(9-20)15(16)10-5-6-12(23-2)13(7-10)24-3/h5-7,15H,4,8,21H2,1-3H3. The van der Waals surface area contributed by atoms with Gasteiger partial charge in [-0.3, -0.25) is 0 Å². The largest absolute Gasteiger partial charge is 0.493 e. The van der Waals surface area contributed by atoms with Crippen molar-refractivity contribution >= 4 is 17.6 Å². The van der Waals surface area contributed by atoms with Crippen LogP contribution in [0.1, 0.15) is 18.4 Å². The predicted molar refractivity (Wildman–Crippen MR) is 94.6 cm³/mol. The van der Waals surface area contributed by atoms with Crippen molar-refractivity contribution in [2.45, 2.75) is 12.8 Å². The summed E-state index contributed by atoms with van der Waals surface area (Å²) in [7, 11) is 3.01. The van der Waals surface area contributed by atoms with Gasteiger partial charge in [0, 0.05) is 0 Å². The zero-order chi connectivity index (χ0) is 19.3. The number of nitrogens with two attached hydrogens (primary N) is 1. The number of methoxy groups -OCH3 is 2. The third kappa shape index (κ3) is 3.55. The highest BCUT2D eigenvalue weighted by Crippen LogP contribution is 2.42. The Morgan fingerprint density at radius 1 is 1.35 bits per heavy atom. The molecule has 7 nitrogen and oxygen atoms in total. The molecule has 138 valence electrons. The van der Waals surface area contributed by atoms with Crippen LogP contribution in [0.4, 0.5) is 0 Å². The second-order valence-corrected chi connectivity index (χ2v) is 5.50. The molecule has 26 heavy (non-hydrogen) atoms. The van der Waals surface area contributed by atoms with Crippen molar-refractivity contribution in [2.75, 3.05) is 26.7 Å². The highest BCUT2D eigenvalue weighted by atomic mass is 35.5. The average molecular weight is 379 g/mol. The highest BCUT2D eigenvalue weighted by Gasteiger charge is 2.37. The number of benzene rings is 1. The Labute approximate surface area is 156 Å². The smallest absolute Gasteiger partial charge is 0.338 e. The van der Waals surface area contributed by atoms with E-state index in [4.69, 9.17) is 36.3 Å². The molecule has 0 aliphatic carbocycles. The van der Waals surface area contributed by atoms with Gasteiger partial charge in [0.2, 0.25) is 5.88 Å². The van der Waals surface area contributed by atoms with Crippen molar-refractivity contribution in [2.24, 2.45) is 5.73 Å². The molecule has 0 radical (unpaired) electrons. The molecule has 0 saturated heterocycles. The zero-order valence-corrected chi connectivity index (χ0v) is 15.4. The molecule has 8 heteroatoms. The fraction of sp³-hybridized carbons (Fsp3) is 0.333. The van der Waals surface area contributed by atoms with Gasteiger partial charge in [0.05, 0.1) is 38.2 Å². The quantitative estimate of drug-likeness (QED) is 0.599. The summed E-state index contributed by atoms with van der Waals surface area (Å²) >= 11 is 5.94. The van der Waals surface area contributed by atoms with E-state index in [1.165, 1.54) is 14.2 Å². The molecule has 1 atom stereocenters. The average Bonchev–Trinajstić information content (AvgIpc) is 2.66. The molecule has 1 aliphatic heterocycles. The van der Waals surface area contributed by atoms with Gasteiger partial charge < -0.3 is 24.7 Å². The molecule has 0 aromatic heterocycles. The summed E-state index contributed by atoms with van der Waals surface area (Å²) in [6.07, 6.45) is 0. The lowest BCUT2D eigenvalue weighted by Gasteiger charge is -2.27. The molecule has 0 saturated carbocycles. The SMILES string of the molecule is CCOC(=O)C1=C(CCl)OC(N)=C(C#N)C1c1ccc(OC)c(OC)c1. The maximum atomic E-state index is 12.5. The topological polar surface area (TPSA) is 104 Å². The van der Waals surface area contributed by atoms with Crippen molar-refractivity contribution in [3.05, 3.63) is 46.6 Å². The molecule has 1 aliphatic rings. The van der Waals surface area contributed by atoms with Gasteiger partial charge >= 0.3 is 5.97 Å². The molecule has 1 aromatic carbocycles. The Balaban J connectivity index is 2.68. The van der Waals surface area contributed by atoms with Crippen LogP contribution in [0.25, 0.3) is 0 Å². The summed E-state index contributed by atoms with van der Waals surface area (Å²) < 4.78 is 21.1. The Bertz CT molecular complexity index is 810. The van der Waals surface area contributed by atoms with Crippen LogP contribution in [-0.2, 0) is 14.3 Å². The summed E-state index contributed by atoms with van der Waals surface area (Å²) in [5, 5.41) is 9.58. The Morgan fingerprint density at radius 2 is 2.04 bits per heavy atom. The Morgan fingerprint density at radius 3 is 2.58 bits per heavy atom. The third-order valence-corrected chi connectivity index (χ3v) is 4.10. The van der Waals surface area contributed by atoms with Gasteiger partial charge in [-0.15, -0.1) is 11.6 Å². The van der Waals surface area contributed by atoms with Crippen molar-refractivity contribution in [3.8, 4) is 17.6 Å². The summed E-state index contributed by atoms with van der Waals surface area (Å²) in [5.74, 6) is -0.500. The van der Waals surface area contributed by atoms with E-state index in [1.807, 2.05) is 6.07 Å². The molecule has 0 spiro atoms. The normalized spacial score (nSPS) is 16.7. The minimum absolute atomic E-state index is 0.0918. The number of hydrogen-bond donors (Lipinski definition) is 1. The van der Waals surface area contributed by atoms with E-state index in [0.717, 1.165) is 0 Å². The van der Waals surface area contributed by atoms with Crippen molar-refractivity contribution in [3.63, 3.8) is 0 Å². The fourth-order valence-electron chi connectivity index (χ4n) is 2.72. The van der Waals surface area contributed by atoms with E-state index in [1.54, 1.807) is 25.1 Å². The second kappa shape index (κ2) is 8.50. The number of esters is 1. The molecule has 1 heterocycles. The van der Waals surface area contributed by atoms with Crippen LogP contribution in [0.3, 0.4) is 0 Å². The van der Waals surface area contributed by atoms with Crippen LogP contribution in [0, 0.1) is 11.3 Å². The molecule has 2 rings (SSSR count). The van der Waals surface area contributed by atoms with E-state index in [-0.39, 0.29) is 35.3 Å². The minimum Gasteiger partial charge on any atom is -0.493 e. The van der Waals surface area contributed by atoms with E-state index in [9.17, 15) is 10.1 Å². The molecule has 1 aromatic rings. The second-order valence-electron chi connectivity index (χ2n) is 5.23. The fourth-order valence-corrected chi connectivity index (χ4v) is 2.91. The van der Waals surface area contributed by atoms with Gasteiger partial charge in [-0.25, -0.2) is 4.79 Å². The number of carbonyl (C=O) groups is 1. The minimum atomic E-state index is -0.790. The number of ether oxygens (including phenoxy) is 4. The zero-order valence-electron chi connectivity index (χ0n) is 14.7. The van der Waals surface area contributed by atoms with Crippen LogP contribution < -0.4 is 15.2 Å². The number of allylic oxidation sites excluding steroid dienone is 2. The molecular formula is C18H19ClN2O5. The first-order chi connectivity index (χ1) is 12.5. The van der Waals surface area contributed by atoms with E-state index < -0.39 is 11.9 Å². The van der Waals surface area contributed by atoms with Crippen LogP contribution in [0.15, 0.2) is 41.0 Å². The summed E-state index contributed by atoms with van der Waals surface area (Å²) in [5.41, 5.74) is 6.70. The third-order valence-electron chi connectivity index (χ3n) is 3.85. The van der Waals surface area contributed by atoms with Crippen molar-refractivity contribution in [1.82, 2.24) is 0 Å². The van der Waals surface area contributed by atoms with Crippen molar-refractivity contribution in [1.29, 1.82) is 5.26 Å². The first-order valence-electron chi connectivity index (χ1n) is 7.77. The van der Waals surface area contributed by atoms with E-state index >= 15 is 0 Å². The molecule has 0 fully saturated rings. The predicted octanol–water partition coefficient (Wildman–Crippen LogP) is 2.57. The van der Waals surface area contributed by atoms with Crippen LogP contribution in [0.5, 0.6) is 11.5 Å². The lowest BCUT2D eigenvalue weighted by atomic mass is 9.83. The molecule has 1 unspecified atom stereocenters. The molecular weight excluding hydrogens is 360 g/mol. The number of carbonyl (C=O) groups excluding carboxylic acids is 1. The first kappa shape index (κ1) is 19.5.